The van der Waals surface area contributed by atoms with Crippen LogP contribution < -0.4 is 11.1 Å². The molecule has 17 heavy (non-hydrogen) atoms. The van der Waals surface area contributed by atoms with Crippen LogP contribution in [0.2, 0.25) is 0 Å². The first kappa shape index (κ1) is 13.7. The van der Waals surface area contributed by atoms with E-state index in [2.05, 4.69) is 5.32 Å². The summed E-state index contributed by atoms with van der Waals surface area (Å²) in [5.74, 6) is -0.238. The lowest BCUT2D eigenvalue weighted by molar-refractivity contribution is -0.118. The van der Waals surface area contributed by atoms with Crippen LogP contribution in [0.3, 0.4) is 0 Å². The predicted octanol–water partition coefficient (Wildman–Crippen LogP) is 1.21. The fourth-order valence-electron chi connectivity index (χ4n) is 1.39. The zero-order chi connectivity index (χ0) is 12.8. The van der Waals surface area contributed by atoms with Crippen LogP contribution in [0.4, 0.5) is 5.69 Å². The number of nitrogen functional groups attached to an aromatic ring is 1. The molecule has 0 fully saturated rings. The average Bonchev–Trinajstić information content (AvgIpc) is 2.26. The van der Waals surface area contributed by atoms with Crippen LogP contribution >= 0.6 is 0 Å². The molecule has 1 amide bonds. The fourth-order valence-corrected chi connectivity index (χ4v) is 2.42. The highest BCUT2D eigenvalue weighted by atomic mass is 32.2. The van der Waals surface area contributed by atoms with Gasteiger partial charge in [-0.3, -0.25) is 9.00 Å². The Morgan fingerprint density at radius 3 is 2.76 bits per heavy atom. The van der Waals surface area contributed by atoms with Gasteiger partial charge >= 0.3 is 0 Å². The molecule has 0 saturated carbocycles. The summed E-state index contributed by atoms with van der Waals surface area (Å²) in [6, 6.07) is 5.32. The zero-order valence-electron chi connectivity index (χ0n) is 10.2. The van der Waals surface area contributed by atoms with Crippen LogP contribution in [0, 0.1) is 6.92 Å². The van der Waals surface area contributed by atoms with E-state index in [1.165, 1.54) is 0 Å². The predicted molar refractivity (Wildman–Crippen MR) is 70.2 cm³/mol. The topological polar surface area (TPSA) is 72.2 Å². The second-order valence-electron chi connectivity index (χ2n) is 3.88. The highest BCUT2D eigenvalue weighted by Gasteiger charge is 2.12. The average molecular weight is 254 g/mol. The molecule has 0 heterocycles. The third kappa shape index (κ3) is 4.19. The molecule has 94 valence electrons. The monoisotopic (exact) mass is 254 g/mol. The van der Waals surface area contributed by atoms with E-state index in [4.69, 9.17) is 5.73 Å². The van der Waals surface area contributed by atoms with E-state index < -0.39 is 10.8 Å². The number of anilines is 1. The maximum atomic E-state index is 11.9. The maximum absolute atomic E-state index is 11.9. The molecule has 0 bridgehead atoms. The molecule has 1 atom stereocenters. The van der Waals surface area contributed by atoms with E-state index in [9.17, 15) is 9.00 Å². The van der Waals surface area contributed by atoms with Gasteiger partial charge in [0.1, 0.15) is 5.75 Å². The summed E-state index contributed by atoms with van der Waals surface area (Å²) in [5.41, 5.74) is 7.26. The van der Waals surface area contributed by atoms with Gasteiger partial charge in [0.05, 0.1) is 15.7 Å². The molecule has 0 radical (unpaired) electrons. The lowest BCUT2D eigenvalue weighted by atomic mass is 10.2. The summed E-state index contributed by atoms with van der Waals surface area (Å²) in [6.07, 6.45) is 0.866. The van der Waals surface area contributed by atoms with Crippen molar-refractivity contribution in [1.82, 2.24) is 5.32 Å². The molecule has 0 aliphatic heterocycles. The number of rotatable bonds is 5. The van der Waals surface area contributed by atoms with Crippen molar-refractivity contribution < 1.29 is 9.00 Å². The van der Waals surface area contributed by atoms with Crippen molar-refractivity contribution in [3.8, 4) is 0 Å². The molecule has 3 N–H and O–H groups in total. The van der Waals surface area contributed by atoms with Crippen molar-refractivity contribution >= 4 is 22.4 Å². The van der Waals surface area contributed by atoms with E-state index >= 15 is 0 Å². The van der Waals surface area contributed by atoms with Gasteiger partial charge in [0.25, 0.3) is 0 Å². The molecule has 4 nitrogen and oxygen atoms in total. The van der Waals surface area contributed by atoms with Crippen LogP contribution in [-0.2, 0) is 15.6 Å². The van der Waals surface area contributed by atoms with Crippen molar-refractivity contribution in [1.29, 1.82) is 0 Å². The zero-order valence-corrected chi connectivity index (χ0v) is 11.0. The molecule has 1 unspecified atom stereocenters. The number of carbonyl (C=O) groups is 1. The van der Waals surface area contributed by atoms with Gasteiger partial charge < -0.3 is 11.1 Å². The minimum Gasteiger partial charge on any atom is -0.398 e. The summed E-state index contributed by atoms with van der Waals surface area (Å²) in [7, 11) is -1.37. The molecule has 0 aliphatic rings. The second-order valence-corrected chi connectivity index (χ2v) is 5.30. The number of amides is 1. The molecular weight excluding hydrogens is 236 g/mol. The van der Waals surface area contributed by atoms with Gasteiger partial charge in [0.2, 0.25) is 5.91 Å². The van der Waals surface area contributed by atoms with Gasteiger partial charge in [0, 0.05) is 12.2 Å². The molecular formula is C12H18N2O2S. The van der Waals surface area contributed by atoms with Crippen molar-refractivity contribution in [2.24, 2.45) is 0 Å². The molecule has 0 aromatic heterocycles. The maximum Gasteiger partial charge on any atom is 0.233 e. The van der Waals surface area contributed by atoms with Crippen molar-refractivity contribution in [2.45, 2.75) is 25.2 Å². The Balaban J connectivity index is 2.67. The van der Waals surface area contributed by atoms with Gasteiger partial charge in [-0.25, -0.2) is 0 Å². The Morgan fingerprint density at radius 1 is 1.47 bits per heavy atom. The first-order valence-electron chi connectivity index (χ1n) is 5.55. The molecule has 0 saturated heterocycles. The first-order chi connectivity index (χ1) is 8.04. The third-order valence-corrected chi connectivity index (χ3v) is 3.63. The largest absolute Gasteiger partial charge is 0.398 e. The molecule has 1 aromatic rings. The Labute approximate surface area is 104 Å². The second kappa shape index (κ2) is 6.39. The van der Waals surface area contributed by atoms with Gasteiger partial charge in [-0.1, -0.05) is 13.0 Å². The third-order valence-electron chi connectivity index (χ3n) is 2.24. The van der Waals surface area contributed by atoms with E-state index in [0.29, 0.717) is 17.1 Å². The summed E-state index contributed by atoms with van der Waals surface area (Å²) in [5, 5.41) is 2.69. The lowest BCUT2D eigenvalue weighted by Crippen LogP contribution is -2.29. The number of hydrogen-bond donors (Lipinski definition) is 2. The highest BCUT2D eigenvalue weighted by Crippen LogP contribution is 2.17. The van der Waals surface area contributed by atoms with Crippen LogP contribution in [0.5, 0.6) is 0 Å². The Morgan fingerprint density at radius 2 is 2.18 bits per heavy atom. The SMILES string of the molecule is CCCNC(=O)CS(=O)c1ccc(C)cc1N. The summed E-state index contributed by atoms with van der Waals surface area (Å²) in [6.45, 7) is 4.49. The lowest BCUT2D eigenvalue weighted by Gasteiger charge is -2.07. The van der Waals surface area contributed by atoms with Crippen molar-refractivity contribution in [3.63, 3.8) is 0 Å². The minimum absolute atomic E-state index is 0.0345. The quantitative estimate of drug-likeness (QED) is 0.776. The molecule has 5 heteroatoms. The van der Waals surface area contributed by atoms with E-state index in [1.54, 1.807) is 12.1 Å². The van der Waals surface area contributed by atoms with Crippen molar-refractivity contribution in [3.05, 3.63) is 23.8 Å². The summed E-state index contributed by atoms with van der Waals surface area (Å²) in [4.78, 5) is 11.9. The highest BCUT2D eigenvalue weighted by molar-refractivity contribution is 7.86. The Kier molecular flexibility index (Phi) is 5.15. The number of nitrogens with two attached hydrogens (primary N) is 1. The molecule has 0 spiro atoms. The molecule has 1 rings (SSSR count). The van der Waals surface area contributed by atoms with E-state index in [-0.39, 0.29) is 11.7 Å². The fraction of sp³-hybridized carbons (Fsp3) is 0.417. The van der Waals surface area contributed by atoms with Gasteiger partial charge in [-0.15, -0.1) is 0 Å². The van der Waals surface area contributed by atoms with Crippen LogP contribution in [0.25, 0.3) is 0 Å². The first-order valence-corrected chi connectivity index (χ1v) is 6.87. The van der Waals surface area contributed by atoms with E-state index in [1.807, 2.05) is 19.9 Å². The smallest absolute Gasteiger partial charge is 0.233 e. The molecule has 0 aliphatic carbocycles. The van der Waals surface area contributed by atoms with Crippen LogP contribution in [-0.4, -0.2) is 22.4 Å². The van der Waals surface area contributed by atoms with Gasteiger partial charge in [-0.05, 0) is 31.0 Å². The number of hydrogen-bond acceptors (Lipinski definition) is 3. The minimum atomic E-state index is -1.37. The number of carbonyl (C=O) groups excluding carboxylic acids is 1. The van der Waals surface area contributed by atoms with E-state index in [0.717, 1.165) is 12.0 Å². The van der Waals surface area contributed by atoms with Crippen LogP contribution in [0.1, 0.15) is 18.9 Å². The van der Waals surface area contributed by atoms with Gasteiger partial charge in [-0.2, -0.15) is 0 Å². The molecule has 1 aromatic carbocycles. The van der Waals surface area contributed by atoms with Crippen LogP contribution in [0.15, 0.2) is 23.1 Å². The number of nitrogens with one attached hydrogen (secondary N) is 1. The Bertz CT molecular complexity index is 433. The number of aryl methyl sites for hydroxylation is 1. The van der Waals surface area contributed by atoms with Crippen molar-refractivity contribution in [2.75, 3.05) is 18.0 Å². The van der Waals surface area contributed by atoms with Gasteiger partial charge in [0.15, 0.2) is 0 Å². The summed E-state index contributed by atoms with van der Waals surface area (Å²) >= 11 is 0. The Hall–Kier alpha value is -1.36. The summed E-state index contributed by atoms with van der Waals surface area (Å²) < 4.78 is 11.9. The normalized spacial score (nSPS) is 12.1. The standard InChI is InChI=1S/C12H18N2O2S/c1-3-6-14-12(15)8-17(16)11-5-4-9(2)7-10(11)13/h4-5,7H,3,6,8,13H2,1-2H3,(H,14,15). The number of benzene rings is 1.